The van der Waals surface area contributed by atoms with Gasteiger partial charge in [-0.2, -0.15) is 13.2 Å². The molecule has 1 aromatic carbocycles. The van der Waals surface area contributed by atoms with Gasteiger partial charge in [-0.15, -0.1) is 0 Å². The van der Waals surface area contributed by atoms with Crippen LogP contribution < -0.4 is 5.32 Å². The second kappa shape index (κ2) is 7.01. The van der Waals surface area contributed by atoms with E-state index >= 15 is 0 Å². The molecule has 6 heteroatoms. The second-order valence-corrected chi connectivity index (χ2v) is 6.40. The topological polar surface area (TPSA) is 15.3 Å². The van der Waals surface area contributed by atoms with Crippen molar-refractivity contribution in [3.63, 3.8) is 0 Å². The van der Waals surface area contributed by atoms with E-state index in [0.29, 0.717) is 10.2 Å². The summed E-state index contributed by atoms with van der Waals surface area (Å²) < 4.78 is 38.9. The molecule has 0 unspecified atom stereocenters. The maximum Gasteiger partial charge on any atom is 0.416 e. The van der Waals surface area contributed by atoms with Gasteiger partial charge in [0.25, 0.3) is 0 Å². The molecule has 2 rings (SSSR count). The molecule has 1 aliphatic rings. The third kappa shape index (κ3) is 4.88. The first-order valence-electron chi connectivity index (χ1n) is 7.25. The third-order valence-corrected chi connectivity index (χ3v) is 4.18. The van der Waals surface area contributed by atoms with E-state index in [0.717, 1.165) is 45.0 Å². The number of rotatable bonds is 4. The average molecular weight is 365 g/mol. The highest BCUT2D eigenvalue weighted by Gasteiger charge is 2.31. The predicted molar refractivity (Wildman–Crippen MR) is 82.5 cm³/mol. The van der Waals surface area contributed by atoms with E-state index in [1.807, 2.05) is 0 Å². The van der Waals surface area contributed by atoms with Crippen molar-refractivity contribution in [2.75, 3.05) is 25.0 Å². The van der Waals surface area contributed by atoms with E-state index in [2.05, 4.69) is 33.1 Å². The average Bonchev–Trinajstić information content (AvgIpc) is 2.40. The van der Waals surface area contributed by atoms with E-state index in [1.165, 1.54) is 6.07 Å². The van der Waals surface area contributed by atoms with Crippen LogP contribution in [0, 0.1) is 0 Å². The molecule has 0 spiro atoms. The van der Waals surface area contributed by atoms with Gasteiger partial charge in [-0.3, -0.25) is 0 Å². The Balaban J connectivity index is 1.99. The van der Waals surface area contributed by atoms with Crippen molar-refractivity contribution >= 4 is 21.6 Å². The summed E-state index contributed by atoms with van der Waals surface area (Å²) in [5.74, 6) is 0. The lowest BCUT2D eigenvalue weighted by molar-refractivity contribution is -0.137. The summed E-state index contributed by atoms with van der Waals surface area (Å²) in [5, 5.41) is 3.24. The van der Waals surface area contributed by atoms with Crippen molar-refractivity contribution in [3.8, 4) is 0 Å². The van der Waals surface area contributed by atoms with Gasteiger partial charge >= 0.3 is 6.18 Å². The number of hydrogen-bond acceptors (Lipinski definition) is 2. The lowest BCUT2D eigenvalue weighted by atomic mass is 10.0. The smallest absolute Gasteiger partial charge is 0.382 e. The fourth-order valence-corrected chi connectivity index (χ4v) is 3.18. The van der Waals surface area contributed by atoms with Crippen LogP contribution in [-0.4, -0.2) is 30.6 Å². The third-order valence-electron chi connectivity index (χ3n) is 3.72. The van der Waals surface area contributed by atoms with Gasteiger partial charge in [0.15, 0.2) is 0 Å². The van der Waals surface area contributed by atoms with Crippen LogP contribution in [-0.2, 0) is 6.18 Å². The largest absolute Gasteiger partial charge is 0.416 e. The number of halogens is 4. The molecule has 1 aliphatic heterocycles. The number of piperidine rings is 1. The van der Waals surface area contributed by atoms with Crippen LogP contribution in [0.4, 0.5) is 18.9 Å². The summed E-state index contributed by atoms with van der Waals surface area (Å²) in [6, 6.07) is 4.24. The van der Waals surface area contributed by atoms with Crippen LogP contribution in [0.2, 0.25) is 0 Å². The summed E-state index contributed by atoms with van der Waals surface area (Å²) in [6.45, 7) is 5.27. The summed E-state index contributed by atoms with van der Waals surface area (Å²) >= 11 is 3.15. The zero-order chi connectivity index (χ0) is 15.5. The molecule has 21 heavy (non-hydrogen) atoms. The Morgan fingerprint density at radius 2 is 1.90 bits per heavy atom. The van der Waals surface area contributed by atoms with E-state index in [1.54, 1.807) is 6.07 Å². The molecule has 0 bridgehead atoms. The fourth-order valence-electron chi connectivity index (χ4n) is 2.69. The Morgan fingerprint density at radius 1 is 1.24 bits per heavy atom. The molecular formula is C15H20BrF3N2. The number of benzene rings is 1. The Bertz CT molecular complexity index is 468. The van der Waals surface area contributed by atoms with E-state index in [9.17, 15) is 13.2 Å². The molecule has 1 heterocycles. The second-order valence-electron chi connectivity index (χ2n) is 5.49. The van der Waals surface area contributed by atoms with Gasteiger partial charge < -0.3 is 10.2 Å². The number of hydrogen-bond donors (Lipinski definition) is 1. The van der Waals surface area contributed by atoms with Crippen molar-refractivity contribution < 1.29 is 13.2 Å². The SMILES string of the molecule is CCCN1CCC(Nc2cc(Br)cc(C(F)(F)F)c2)CC1. The quantitative estimate of drug-likeness (QED) is 0.828. The molecule has 0 aliphatic carbocycles. The lowest BCUT2D eigenvalue weighted by Gasteiger charge is -2.32. The molecule has 118 valence electrons. The zero-order valence-corrected chi connectivity index (χ0v) is 13.6. The number of nitrogens with one attached hydrogen (secondary N) is 1. The minimum Gasteiger partial charge on any atom is -0.382 e. The number of anilines is 1. The zero-order valence-electron chi connectivity index (χ0n) is 12.0. The maximum atomic E-state index is 12.8. The van der Waals surface area contributed by atoms with Crippen molar-refractivity contribution in [3.05, 3.63) is 28.2 Å². The molecule has 1 aromatic rings. The number of likely N-dealkylation sites (tertiary alicyclic amines) is 1. The van der Waals surface area contributed by atoms with E-state index < -0.39 is 11.7 Å². The highest BCUT2D eigenvalue weighted by molar-refractivity contribution is 9.10. The van der Waals surface area contributed by atoms with Crippen molar-refractivity contribution in [1.82, 2.24) is 4.90 Å². The van der Waals surface area contributed by atoms with Gasteiger partial charge in [0.1, 0.15) is 0 Å². The molecule has 1 fully saturated rings. The predicted octanol–water partition coefficient (Wildman–Crippen LogP) is 4.75. The first kappa shape index (κ1) is 16.6. The van der Waals surface area contributed by atoms with Gasteiger partial charge in [-0.05, 0) is 44.0 Å². The molecule has 1 saturated heterocycles. The fraction of sp³-hybridized carbons (Fsp3) is 0.600. The van der Waals surface area contributed by atoms with Crippen LogP contribution in [0.5, 0.6) is 0 Å². The Kier molecular flexibility index (Phi) is 5.54. The standard InChI is InChI=1S/C15H20BrF3N2/c1-2-5-21-6-3-13(4-7-21)20-14-9-11(15(17,18)19)8-12(16)10-14/h8-10,13,20H,2-7H2,1H3. The van der Waals surface area contributed by atoms with Crippen LogP contribution in [0.1, 0.15) is 31.7 Å². The Hall–Kier alpha value is -0.750. The number of alkyl halides is 3. The molecule has 0 aromatic heterocycles. The molecule has 0 amide bonds. The highest BCUT2D eigenvalue weighted by Crippen LogP contribution is 2.33. The molecule has 1 N–H and O–H groups in total. The molecular weight excluding hydrogens is 345 g/mol. The summed E-state index contributed by atoms with van der Waals surface area (Å²) in [7, 11) is 0. The first-order chi connectivity index (χ1) is 9.88. The summed E-state index contributed by atoms with van der Waals surface area (Å²) in [4.78, 5) is 2.40. The Labute approximate surface area is 131 Å². The van der Waals surface area contributed by atoms with E-state index in [4.69, 9.17) is 0 Å². The molecule has 0 atom stereocenters. The minimum absolute atomic E-state index is 0.244. The van der Waals surface area contributed by atoms with Gasteiger partial charge in [0, 0.05) is 29.3 Å². The monoisotopic (exact) mass is 364 g/mol. The minimum atomic E-state index is -4.31. The van der Waals surface area contributed by atoms with Gasteiger partial charge in [0.2, 0.25) is 0 Å². The van der Waals surface area contributed by atoms with Crippen molar-refractivity contribution in [2.24, 2.45) is 0 Å². The normalized spacial score (nSPS) is 18.0. The van der Waals surface area contributed by atoms with Gasteiger partial charge in [0.05, 0.1) is 5.56 Å². The summed E-state index contributed by atoms with van der Waals surface area (Å²) in [6.07, 6.45) is -1.24. The molecule has 0 radical (unpaired) electrons. The van der Waals surface area contributed by atoms with E-state index in [-0.39, 0.29) is 6.04 Å². The molecule has 2 nitrogen and oxygen atoms in total. The maximum absolute atomic E-state index is 12.8. The van der Waals surface area contributed by atoms with Crippen LogP contribution in [0.25, 0.3) is 0 Å². The van der Waals surface area contributed by atoms with Gasteiger partial charge in [-0.25, -0.2) is 0 Å². The number of nitrogens with zero attached hydrogens (tertiary/aromatic N) is 1. The van der Waals surface area contributed by atoms with Crippen LogP contribution in [0.3, 0.4) is 0 Å². The Morgan fingerprint density at radius 3 is 2.48 bits per heavy atom. The van der Waals surface area contributed by atoms with Crippen molar-refractivity contribution in [1.29, 1.82) is 0 Å². The van der Waals surface area contributed by atoms with Crippen LogP contribution in [0.15, 0.2) is 22.7 Å². The van der Waals surface area contributed by atoms with Gasteiger partial charge in [-0.1, -0.05) is 22.9 Å². The molecule has 0 saturated carbocycles. The summed E-state index contributed by atoms with van der Waals surface area (Å²) in [5.41, 5.74) is -0.0894. The van der Waals surface area contributed by atoms with Crippen molar-refractivity contribution in [2.45, 2.75) is 38.4 Å². The first-order valence-corrected chi connectivity index (χ1v) is 8.04. The lowest BCUT2D eigenvalue weighted by Crippen LogP contribution is -2.39. The highest BCUT2D eigenvalue weighted by atomic mass is 79.9. The van der Waals surface area contributed by atoms with Crippen LogP contribution >= 0.6 is 15.9 Å².